The van der Waals surface area contributed by atoms with Crippen molar-refractivity contribution in [3.63, 3.8) is 0 Å². The molecule has 0 atom stereocenters. The molecule has 20 heavy (non-hydrogen) atoms. The van der Waals surface area contributed by atoms with E-state index in [1.807, 2.05) is 23.9 Å². The Balaban J connectivity index is 1.87. The Morgan fingerprint density at radius 1 is 0.800 bits per heavy atom. The van der Waals surface area contributed by atoms with Crippen LogP contribution in [-0.4, -0.2) is 8.07 Å². The molecule has 0 fully saturated rings. The lowest BCUT2D eigenvalue weighted by Gasteiger charge is -2.16. The lowest BCUT2D eigenvalue weighted by atomic mass is 10.2. The minimum Gasteiger partial charge on any atom is -0.152 e. The molecule has 2 aromatic rings. The molecule has 0 aliphatic rings. The number of halogens is 1. The molecule has 0 spiro atoms. The Labute approximate surface area is 132 Å². The summed E-state index contributed by atoms with van der Waals surface area (Å²) in [5, 5.41) is 2.34. The summed E-state index contributed by atoms with van der Waals surface area (Å²) in [6, 6.07) is 17.3. The molecule has 0 saturated heterocycles. The molecule has 0 N–H and O–H groups in total. The fraction of sp³-hybridized carbons (Fsp3) is 0.294. The van der Waals surface area contributed by atoms with Crippen LogP contribution in [0.3, 0.4) is 0 Å². The summed E-state index contributed by atoms with van der Waals surface area (Å²) >= 11 is 7.84. The third-order valence-electron chi connectivity index (χ3n) is 3.27. The fourth-order valence-corrected chi connectivity index (χ4v) is 4.22. The summed E-state index contributed by atoms with van der Waals surface area (Å²) in [6.07, 6.45) is 0. The van der Waals surface area contributed by atoms with Gasteiger partial charge in [0, 0.05) is 16.5 Å². The van der Waals surface area contributed by atoms with E-state index in [4.69, 9.17) is 11.6 Å². The van der Waals surface area contributed by atoms with Gasteiger partial charge in [0.15, 0.2) is 0 Å². The van der Waals surface area contributed by atoms with Crippen LogP contribution in [0.5, 0.6) is 0 Å². The van der Waals surface area contributed by atoms with Crippen molar-refractivity contribution in [1.29, 1.82) is 0 Å². The minimum absolute atomic E-state index is 0.806. The highest BCUT2D eigenvalue weighted by Crippen LogP contribution is 2.19. The van der Waals surface area contributed by atoms with Crippen molar-refractivity contribution in [2.45, 2.75) is 31.1 Å². The van der Waals surface area contributed by atoms with E-state index >= 15 is 0 Å². The van der Waals surface area contributed by atoms with Crippen LogP contribution in [-0.2, 0) is 11.5 Å². The third kappa shape index (κ3) is 4.69. The Morgan fingerprint density at radius 2 is 1.25 bits per heavy atom. The van der Waals surface area contributed by atoms with E-state index in [1.165, 1.54) is 16.3 Å². The van der Waals surface area contributed by atoms with E-state index in [9.17, 15) is 0 Å². The van der Waals surface area contributed by atoms with Crippen LogP contribution in [0, 0.1) is 0 Å². The number of hydrogen-bond acceptors (Lipinski definition) is 1. The predicted molar refractivity (Wildman–Crippen MR) is 95.9 cm³/mol. The van der Waals surface area contributed by atoms with Gasteiger partial charge in [0.2, 0.25) is 0 Å². The standard InChI is InChI=1S/C17H21ClSSi/c1-20(2,3)17-10-6-15(7-11-17)13-19-12-14-4-8-16(18)9-5-14/h4-11H,12-13H2,1-3H3. The first-order valence-electron chi connectivity index (χ1n) is 6.87. The number of hydrogen-bond donors (Lipinski definition) is 0. The van der Waals surface area contributed by atoms with Crippen molar-refractivity contribution >= 4 is 36.6 Å². The molecule has 0 bridgehead atoms. The zero-order valence-corrected chi connectivity index (χ0v) is 14.9. The quantitative estimate of drug-likeness (QED) is 0.672. The molecule has 0 aliphatic heterocycles. The van der Waals surface area contributed by atoms with Crippen molar-refractivity contribution in [2.24, 2.45) is 0 Å². The highest BCUT2D eigenvalue weighted by molar-refractivity contribution is 7.97. The molecular formula is C17H21ClSSi. The van der Waals surface area contributed by atoms with E-state index in [0.717, 1.165) is 16.5 Å². The van der Waals surface area contributed by atoms with Gasteiger partial charge < -0.3 is 0 Å². The van der Waals surface area contributed by atoms with E-state index < -0.39 is 8.07 Å². The number of benzene rings is 2. The van der Waals surface area contributed by atoms with Gasteiger partial charge in [-0.2, -0.15) is 11.8 Å². The van der Waals surface area contributed by atoms with Crippen LogP contribution in [0.1, 0.15) is 11.1 Å². The maximum atomic E-state index is 5.89. The summed E-state index contributed by atoms with van der Waals surface area (Å²) in [4.78, 5) is 0. The van der Waals surface area contributed by atoms with Gasteiger partial charge in [-0.3, -0.25) is 0 Å². The lowest BCUT2D eigenvalue weighted by molar-refractivity contribution is 1.37. The summed E-state index contributed by atoms with van der Waals surface area (Å²) in [6.45, 7) is 7.16. The van der Waals surface area contributed by atoms with Crippen molar-refractivity contribution in [2.75, 3.05) is 0 Å². The Morgan fingerprint density at radius 3 is 1.70 bits per heavy atom. The van der Waals surface area contributed by atoms with E-state index in [1.54, 1.807) is 0 Å². The molecule has 3 heteroatoms. The number of thioether (sulfide) groups is 1. The summed E-state index contributed by atoms with van der Waals surface area (Å²) in [5.74, 6) is 2.10. The second-order valence-electron chi connectivity index (χ2n) is 6.07. The maximum Gasteiger partial charge on any atom is 0.0775 e. The minimum atomic E-state index is -1.16. The highest BCUT2D eigenvalue weighted by atomic mass is 35.5. The SMILES string of the molecule is C[Si](C)(C)c1ccc(CSCc2ccc(Cl)cc2)cc1. The van der Waals surface area contributed by atoms with Crippen LogP contribution in [0.15, 0.2) is 48.5 Å². The van der Waals surface area contributed by atoms with Crippen LogP contribution in [0.4, 0.5) is 0 Å². The molecule has 0 unspecified atom stereocenters. The summed E-state index contributed by atoms with van der Waals surface area (Å²) in [5.41, 5.74) is 2.74. The van der Waals surface area contributed by atoms with Gasteiger partial charge in [0.1, 0.15) is 0 Å². The molecule has 0 saturated carbocycles. The first kappa shape index (κ1) is 15.7. The molecule has 0 amide bonds. The van der Waals surface area contributed by atoms with Gasteiger partial charge in [0.25, 0.3) is 0 Å². The van der Waals surface area contributed by atoms with Crippen molar-refractivity contribution in [1.82, 2.24) is 0 Å². The van der Waals surface area contributed by atoms with Gasteiger partial charge in [-0.1, -0.05) is 72.8 Å². The average Bonchev–Trinajstić information content (AvgIpc) is 2.41. The van der Waals surface area contributed by atoms with Gasteiger partial charge in [-0.25, -0.2) is 0 Å². The van der Waals surface area contributed by atoms with Crippen LogP contribution in [0.2, 0.25) is 24.7 Å². The smallest absolute Gasteiger partial charge is 0.0775 e. The predicted octanol–water partition coefficient (Wildman–Crippen LogP) is 5.32. The Kier molecular flexibility index (Phi) is 5.36. The van der Waals surface area contributed by atoms with Gasteiger partial charge >= 0.3 is 0 Å². The van der Waals surface area contributed by atoms with Gasteiger partial charge in [-0.15, -0.1) is 0 Å². The molecule has 106 valence electrons. The second-order valence-corrected chi connectivity index (χ2v) is 12.6. The molecule has 0 heterocycles. The molecular weight excluding hydrogens is 300 g/mol. The lowest BCUT2D eigenvalue weighted by Crippen LogP contribution is -2.37. The molecule has 0 radical (unpaired) electrons. The highest BCUT2D eigenvalue weighted by Gasteiger charge is 2.15. The molecule has 0 aliphatic carbocycles. The van der Waals surface area contributed by atoms with Crippen molar-refractivity contribution in [3.05, 3.63) is 64.7 Å². The second kappa shape index (κ2) is 6.84. The summed E-state index contributed by atoms with van der Waals surface area (Å²) in [7, 11) is -1.16. The van der Waals surface area contributed by atoms with Crippen LogP contribution >= 0.6 is 23.4 Å². The topological polar surface area (TPSA) is 0 Å². The first-order chi connectivity index (χ1) is 9.45. The molecule has 0 nitrogen and oxygen atoms in total. The van der Waals surface area contributed by atoms with Crippen LogP contribution in [0.25, 0.3) is 0 Å². The normalized spacial score (nSPS) is 11.6. The first-order valence-corrected chi connectivity index (χ1v) is 11.9. The van der Waals surface area contributed by atoms with E-state index in [2.05, 4.69) is 56.0 Å². The van der Waals surface area contributed by atoms with E-state index in [-0.39, 0.29) is 0 Å². The van der Waals surface area contributed by atoms with Crippen molar-refractivity contribution in [3.8, 4) is 0 Å². The summed E-state index contributed by atoms with van der Waals surface area (Å²) < 4.78 is 0. The molecule has 2 rings (SSSR count). The Bertz CT molecular complexity index is 541. The molecule has 0 aromatic heterocycles. The molecule has 2 aromatic carbocycles. The number of rotatable bonds is 5. The zero-order chi connectivity index (χ0) is 14.6. The fourth-order valence-electron chi connectivity index (χ4n) is 1.97. The van der Waals surface area contributed by atoms with Gasteiger partial charge in [0.05, 0.1) is 8.07 Å². The average molecular weight is 321 g/mol. The largest absolute Gasteiger partial charge is 0.152 e. The third-order valence-corrected chi connectivity index (χ3v) is 6.66. The van der Waals surface area contributed by atoms with Crippen molar-refractivity contribution < 1.29 is 0 Å². The Hall–Kier alpha value is -0.703. The van der Waals surface area contributed by atoms with Gasteiger partial charge in [-0.05, 0) is 23.3 Å². The van der Waals surface area contributed by atoms with Crippen LogP contribution < -0.4 is 5.19 Å². The monoisotopic (exact) mass is 320 g/mol. The maximum absolute atomic E-state index is 5.89. The zero-order valence-electron chi connectivity index (χ0n) is 12.3. The van der Waals surface area contributed by atoms with E-state index in [0.29, 0.717) is 0 Å².